The second-order valence-corrected chi connectivity index (χ2v) is 33.0. The van der Waals surface area contributed by atoms with Gasteiger partial charge in [0.05, 0.1) is 50.8 Å². The Balaban J connectivity index is 0.000000216. The molecule has 0 aliphatic carbocycles. The zero-order chi connectivity index (χ0) is 73.5. The standard InChI is InChI=1S/C27H39N5O2.C20H28BF3N2O3.C13H20IN3O.C9H10FIN2O.C4H11N.H2S/c1-6-20-9-10-32(18-20)26(33)28-22-8-7-19(2)23(17-22)21-15-24(30-27(3,4)5)29-25(16-21)31-11-13-34-14-12-31;1-13-6-7-15(10-16(13)21-28-18(2,3)19(4,5)29-21)25-17(27)26-9-8-14(12-26)11-20(22,23)24;1-13(2,3)16-11-8-10(14)9-12(15-11)17-4-6-18-7-5-17;10-8-5-7(11)6-9(12-8)13-1-3-14-4-2-13;1-4(2,3)5;/h7-8,15-17,20H,6,9-14,18H2,1-5H3,(H,28,33)(H,29,30);6-7,10,14H,8-9,11-12H2,1-5H3,(H,25,27);8-9H,4-7H2,1-3H3,(H,15,16);5-6H,1-4H2;5H2,1-3H3;1H2/t20-;14-;;;;/m10..../s1. The molecule has 3 aromatic heterocycles. The lowest BCUT2D eigenvalue weighted by molar-refractivity contribution is -0.143. The van der Waals surface area contributed by atoms with Crippen molar-refractivity contribution in [3.63, 3.8) is 0 Å². The van der Waals surface area contributed by atoms with Crippen molar-refractivity contribution < 1.29 is 50.7 Å². The first kappa shape index (κ1) is 84.7. The maximum Gasteiger partial charge on any atom is 0.495 e. The number of carbonyl (C=O) groups is 2. The van der Waals surface area contributed by atoms with Crippen molar-refractivity contribution in [3.8, 4) is 11.1 Å². The monoisotopic (exact) mass is 1650 g/mol. The van der Waals surface area contributed by atoms with Crippen LogP contribution in [0, 0.1) is 38.8 Å². The fraction of sp³-hybridized carbons (Fsp3) is 0.603. The summed E-state index contributed by atoms with van der Waals surface area (Å²) in [5.74, 6) is 4.14. The van der Waals surface area contributed by atoms with Crippen LogP contribution in [0.15, 0.2) is 72.8 Å². The Morgan fingerprint density at radius 1 is 0.584 bits per heavy atom. The lowest BCUT2D eigenvalue weighted by Crippen LogP contribution is -2.41. The summed E-state index contributed by atoms with van der Waals surface area (Å²) in [6.45, 7) is 44.4. The minimum Gasteiger partial charge on any atom is -0.399 e. The number of aromatic nitrogens is 3. The third-order valence-corrected chi connectivity index (χ3v) is 18.7. The van der Waals surface area contributed by atoms with Gasteiger partial charge in [-0.05, 0) is 250 Å². The van der Waals surface area contributed by atoms with Gasteiger partial charge in [-0.2, -0.15) is 31.1 Å². The fourth-order valence-corrected chi connectivity index (χ4v) is 12.7. The number of ether oxygens (including phenoxy) is 3. The molecule has 2 atom stereocenters. The summed E-state index contributed by atoms with van der Waals surface area (Å²) in [7, 11) is -0.556. The molecule has 6 saturated heterocycles. The first-order valence-electron chi connectivity index (χ1n) is 34.8. The highest BCUT2D eigenvalue weighted by atomic mass is 127. The van der Waals surface area contributed by atoms with E-state index in [9.17, 15) is 27.2 Å². The third-order valence-electron chi connectivity index (χ3n) is 17.4. The fourth-order valence-electron chi connectivity index (χ4n) is 11.6. The van der Waals surface area contributed by atoms with Crippen molar-refractivity contribution in [1.29, 1.82) is 0 Å². The molecule has 20 nitrogen and oxygen atoms in total. The number of aryl methyl sites for hydroxylation is 2. The van der Waals surface area contributed by atoms with Crippen LogP contribution in [0.2, 0.25) is 0 Å². The van der Waals surface area contributed by atoms with E-state index in [-0.39, 0.29) is 42.7 Å². The van der Waals surface area contributed by atoms with Gasteiger partial charge < -0.3 is 75.0 Å². The summed E-state index contributed by atoms with van der Waals surface area (Å²) in [6, 6.07) is 23.0. The molecular formula is C73H110BF4I2N13O7S. The molecule has 0 bridgehead atoms. The molecule has 0 saturated carbocycles. The van der Waals surface area contributed by atoms with E-state index >= 15 is 0 Å². The van der Waals surface area contributed by atoms with E-state index in [0.717, 1.165) is 139 Å². The molecule has 9 heterocycles. The van der Waals surface area contributed by atoms with Crippen molar-refractivity contribution in [3.05, 3.63) is 97.0 Å². The first-order chi connectivity index (χ1) is 46.7. The molecule has 6 fully saturated rings. The number of hydrogen-bond acceptors (Lipinski definition) is 16. The number of benzene rings is 2. The lowest BCUT2D eigenvalue weighted by atomic mass is 9.76. The topological polar surface area (TPSA) is 209 Å². The van der Waals surface area contributed by atoms with Crippen LogP contribution in [0.1, 0.15) is 134 Å². The molecular weight excluding hydrogens is 1540 g/mol. The van der Waals surface area contributed by atoms with Crippen molar-refractivity contribution in [2.45, 2.75) is 170 Å². The molecule has 0 spiro atoms. The highest BCUT2D eigenvalue weighted by Gasteiger charge is 2.52. The predicted octanol–water partition coefficient (Wildman–Crippen LogP) is 14.7. The van der Waals surface area contributed by atoms with Gasteiger partial charge in [-0.15, -0.1) is 0 Å². The average Bonchev–Trinajstić information content (AvgIpc) is 1.65. The maximum atomic E-state index is 13.0. The number of nitrogens with two attached hydrogens (primary N) is 1. The summed E-state index contributed by atoms with van der Waals surface area (Å²) < 4.78 is 81.2. The van der Waals surface area contributed by atoms with Gasteiger partial charge in [0, 0.05) is 113 Å². The van der Waals surface area contributed by atoms with Crippen LogP contribution in [0.3, 0.4) is 0 Å². The number of nitrogens with zero attached hydrogens (tertiary/aromatic N) is 8. The number of anilines is 7. The van der Waals surface area contributed by atoms with Gasteiger partial charge in [0.25, 0.3) is 0 Å². The SMILES string of the molecule is CC(C)(C)N.CC(C)(C)Nc1cc(I)cc(N2CCOCC2)n1.CC[C@@H]1CCN(C(=O)Nc2ccc(C)c(-c3cc(NC(C)(C)C)nc(N4CCOCC4)c3)c2)C1.Cc1ccc(NC(=O)N2CC[C@@H](CC(F)(F)F)C2)cc1B1OC(C)(C)C(C)(C)O1.Fc1cc(I)cc(N2CCOCC2)n1.S. The van der Waals surface area contributed by atoms with Gasteiger partial charge in [-0.25, -0.2) is 24.5 Å². The van der Waals surface area contributed by atoms with E-state index in [0.29, 0.717) is 56.8 Å². The summed E-state index contributed by atoms with van der Waals surface area (Å²) in [5, 5.41) is 12.9. The third kappa shape index (κ3) is 28.0. The van der Waals surface area contributed by atoms with E-state index < -0.39 is 48.8 Å². The van der Waals surface area contributed by atoms with Crippen LogP contribution in [0.4, 0.5) is 67.6 Å². The number of halogens is 6. The van der Waals surface area contributed by atoms with E-state index in [2.05, 4.69) is 173 Å². The van der Waals surface area contributed by atoms with Gasteiger partial charge >= 0.3 is 25.4 Å². The number of hydrogen-bond donors (Lipinski definition) is 5. The molecule has 11 rings (SSSR count). The normalized spacial score (nSPS) is 19.0. The molecule has 4 amide bonds. The van der Waals surface area contributed by atoms with Crippen molar-refractivity contribution in [2.24, 2.45) is 17.6 Å². The van der Waals surface area contributed by atoms with E-state index in [4.69, 9.17) is 39.2 Å². The summed E-state index contributed by atoms with van der Waals surface area (Å²) in [4.78, 5) is 48.8. The number of carbonyl (C=O) groups excluding carboxylic acids is 2. The van der Waals surface area contributed by atoms with Crippen LogP contribution in [0.25, 0.3) is 11.1 Å². The summed E-state index contributed by atoms with van der Waals surface area (Å²) in [6.07, 6.45) is -2.48. The quantitative estimate of drug-likeness (QED) is 0.0360. The molecule has 101 heavy (non-hydrogen) atoms. The minimum atomic E-state index is -4.20. The van der Waals surface area contributed by atoms with Crippen LogP contribution < -0.4 is 47.2 Å². The first-order valence-corrected chi connectivity index (χ1v) is 37.0. The Morgan fingerprint density at radius 3 is 1.43 bits per heavy atom. The summed E-state index contributed by atoms with van der Waals surface area (Å²) >= 11 is 4.43. The van der Waals surface area contributed by atoms with E-state index in [1.165, 1.54) is 14.5 Å². The molecule has 0 radical (unpaired) electrons. The Hall–Kier alpha value is -5.22. The number of urea groups is 2. The van der Waals surface area contributed by atoms with Gasteiger partial charge in [-0.1, -0.05) is 31.0 Å². The molecule has 0 unspecified atom stereocenters. The second-order valence-electron chi connectivity index (χ2n) is 30.5. The number of amides is 4. The number of pyridine rings is 3. The van der Waals surface area contributed by atoms with Crippen LogP contribution in [-0.2, 0) is 23.5 Å². The maximum absolute atomic E-state index is 13.0. The van der Waals surface area contributed by atoms with Crippen molar-refractivity contribution in [2.75, 3.05) is 141 Å². The van der Waals surface area contributed by atoms with Crippen LogP contribution >= 0.6 is 58.7 Å². The number of nitrogens with one attached hydrogen (secondary N) is 4. The molecule has 6 N–H and O–H groups in total. The molecule has 6 aliphatic heterocycles. The summed E-state index contributed by atoms with van der Waals surface area (Å²) in [5.41, 5.74) is 10.8. The Kier molecular flexibility index (Phi) is 31.2. The van der Waals surface area contributed by atoms with E-state index in [1.807, 2.05) is 83.4 Å². The minimum absolute atomic E-state index is 0. The zero-order valence-corrected chi connectivity index (χ0v) is 67.4. The number of likely N-dealkylation sites (tertiary alicyclic amines) is 2. The molecule has 6 aliphatic rings. The second kappa shape index (κ2) is 37.2. The molecule has 560 valence electrons. The lowest BCUT2D eigenvalue weighted by Gasteiger charge is -2.32. The van der Waals surface area contributed by atoms with Crippen LogP contribution in [0.5, 0.6) is 0 Å². The number of rotatable bonds is 11. The van der Waals surface area contributed by atoms with Gasteiger partial charge in [0.2, 0.25) is 5.95 Å². The average molecular weight is 1650 g/mol. The zero-order valence-electron chi connectivity index (χ0n) is 62.1. The highest BCUT2D eigenvalue weighted by Crippen LogP contribution is 2.38. The van der Waals surface area contributed by atoms with Gasteiger partial charge in [0.1, 0.15) is 29.1 Å². The van der Waals surface area contributed by atoms with Gasteiger partial charge in [-0.3, -0.25) is 0 Å². The Bertz CT molecular complexity index is 3450. The Morgan fingerprint density at radius 2 is 0.990 bits per heavy atom. The van der Waals surface area contributed by atoms with Gasteiger partial charge in [0.15, 0.2) is 0 Å². The van der Waals surface area contributed by atoms with E-state index in [1.54, 1.807) is 12.1 Å². The molecule has 2 aromatic carbocycles. The van der Waals surface area contributed by atoms with Crippen molar-refractivity contribution >= 4 is 124 Å². The molecule has 5 aromatic rings. The Labute approximate surface area is 632 Å². The predicted molar refractivity (Wildman–Crippen MR) is 424 cm³/mol. The highest BCUT2D eigenvalue weighted by molar-refractivity contribution is 14.1. The smallest absolute Gasteiger partial charge is 0.399 e. The van der Waals surface area contributed by atoms with Crippen LogP contribution in [-0.4, -0.2) is 183 Å². The largest absolute Gasteiger partial charge is 0.495 e. The molecule has 28 heteroatoms. The van der Waals surface area contributed by atoms with Crippen molar-refractivity contribution in [1.82, 2.24) is 24.8 Å². The number of alkyl halides is 3. The number of morpholine rings is 3.